The van der Waals surface area contributed by atoms with Crippen LogP contribution < -0.4 is 26.6 Å². The molecule has 0 radical (unpaired) electrons. The number of hydrogen-bond donors (Lipinski definition) is 2. The third-order valence-electron chi connectivity index (χ3n) is 3.27. The van der Waals surface area contributed by atoms with Gasteiger partial charge in [-0.05, 0) is 31.5 Å². The van der Waals surface area contributed by atoms with E-state index in [0.717, 1.165) is 0 Å². The summed E-state index contributed by atoms with van der Waals surface area (Å²) >= 11 is 0. The first-order chi connectivity index (χ1) is 10.8. The first kappa shape index (κ1) is 16.3. The Labute approximate surface area is 130 Å². The molecule has 122 valence electrons. The number of rotatable bonds is 6. The van der Waals surface area contributed by atoms with Gasteiger partial charge in [0, 0.05) is 10.9 Å². The highest BCUT2D eigenvalue weighted by atomic mass is 16.5. The molecule has 0 spiro atoms. The fourth-order valence-corrected chi connectivity index (χ4v) is 2.01. The van der Waals surface area contributed by atoms with Crippen LogP contribution in [-0.2, 0) is 9.59 Å². The van der Waals surface area contributed by atoms with Gasteiger partial charge in [0.15, 0.2) is 24.5 Å². The van der Waals surface area contributed by atoms with Crippen molar-refractivity contribution in [3.63, 3.8) is 0 Å². The maximum absolute atomic E-state index is 11.9. The highest BCUT2D eigenvalue weighted by molar-refractivity contribution is 5.89. The predicted octanol–water partition coefficient (Wildman–Crippen LogP) is 0.138. The van der Waals surface area contributed by atoms with Gasteiger partial charge >= 0.3 is 5.63 Å². The van der Waals surface area contributed by atoms with E-state index in [1.807, 2.05) is 0 Å². The summed E-state index contributed by atoms with van der Waals surface area (Å²) in [5.41, 5.74) is 10.9. The lowest BCUT2D eigenvalue weighted by molar-refractivity contribution is -0.121. The summed E-state index contributed by atoms with van der Waals surface area (Å²) in [5, 5.41) is 0.619. The van der Waals surface area contributed by atoms with Gasteiger partial charge in [-0.2, -0.15) is 0 Å². The van der Waals surface area contributed by atoms with Crippen molar-refractivity contribution in [3.05, 3.63) is 33.7 Å². The molecule has 23 heavy (non-hydrogen) atoms. The van der Waals surface area contributed by atoms with Crippen LogP contribution in [0.5, 0.6) is 11.5 Å². The van der Waals surface area contributed by atoms with Crippen molar-refractivity contribution in [2.45, 2.75) is 13.8 Å². The zero-order valence-corrected chi connectivity index (χ0v) is 12.7. The molecule has 0 saturated heterocycles. The topological polar surface area (TPSA) is 135 Å². The lowest BCUT2D eigenvalue weighted by Gasteiger charge is -2.14. The second-order valence-electron chi connectivity index (χ2n) is 4.92. The van der Waals surface area contributed by atoms with Crippen molar-refractivity contribution in [1.82, 2.24) is 0 Å². The summed E-state index contributed by atoms with van der Waals surface area (Å²) in [6, 6.07) is 3.20. The zero-order chi connectivity index (χ0) is 17.1. The average Bonchev–Trinajstić information content (AvgIpc) is 2.48. The molecule has 0 fully saturated rings. The second-order valence-corrected chi connectivity index (χ2v) is 4.92. The molecule has 1 aromatic heterocycles. The van der Waals surface area contributed by atoms with E-state index < -0.39 is 30.7 Å². The van der Waals surface area contributed by atoms with E-state index in [2.05, 4.69) is 0 Å². The highest BCUT2D eigenvalue weighted by Crippen LogP contribution is 2.36. The van der Waals surface area contributed by atoms with Gasteiger partial charge in [0.1, 0.15) is 0 Å². The van der Waals surface area contributed by atoms with Gasteiger partial charge in [-0.25, -0.2) is 4.79 Å². The number of nitrogens with two attached hydrogens (primary N) is 2. The summed E-state index contributed by atoms with van der Waals surface area (Å²) in [7, 11) is 0. The molecule has 2 rings (SSSR count). The van der Waals surface area contributed by atoms with Crippen molar-refractivity contribution in [3.8, 4) is 11.5 Å². The largest absolute Gasteiger partial charge is 0.480 e. The number of fused-ring (bicyclic) bond motifs is 1. The molecule has 0 aliphatic rings. The van der Waals surface area contributed by atoms with Crippen LogP contribution in [0, 0.1) is 13.8 Å². The lowest BCUT2D eigenvalue weighted by Crippen LogP contribution is -2.22. The molecule has 0 saturated carbocycles. The number of carbonyl (C=O) groups excluding carboxylic acids is 2. The van der Waals surface area contributed by atoms with E-state index in [0.29, 0.717) is 16.5 Å². The minimum Gasteiger partial charge on any atom is -0.480 e. The number of hydrogen-bond acceptors (Lipinski definition) is 6. The molecule has 1 heterocycles. The van der Waals surface area contributed by atoms with E-state index in [4.69, 9.17) is 25.4 Å². The first-order valence-electron chi connectivity index (χ1n) is 6.70. The number of benzene rings is 1. The molecule has 0 unspecified atom stereocenters. The maximum Gasteiger partial charge on any atom is 0.339 e. The van der Waals surface area contributed by atoms with Gasteiger partial charge in [0.25, 0.3) is 11.8 Å². The highest BCUT2D eigenvalue weighted by Gasteiger charge is 2.18. The molecule has 1 aromatic carbocycles. The van der Waals surface area contributed by atoms with Gasteiger partial charge in [0.05, 0.1) is 0 Å². The van der Waals surface area contributed by atoms with Gasteiger partial charge in [-0.3, -0.25) is 9.59 Å². The smallest absolute Gasteiger partial charge is 0.339 e. The molecule has 4 N–H and O–H groups in total. The molecule has 8 heteroatoms. The first-order valence-corrected chi connectivity index (χ1v) is 6.70. The Morgan fingerprint density at radius 2 is 1.65 bits per heavy atom. The Morgan fingerprint density at radius 1 is 1.04 bits per heavy atom. The summed E-state index contributed by atoms with van der Waals surface area (Å²) in [6.07, 6.45) is 0. The number of amides is 2. The number of aryl methyl sites for hydroxylation is 1. The van der Waals surface area contributed by atoms with E-state index >= 15 is 0 Å². The van der Waals surface area contributed by atoms with Crippen LogP contribution >= 0.6 is 0 Å². The minimum atomic E-state index is -0.714. The van der Waals surface area contributed by atoms with Gasteiger partial charge in [-0.15, -0.1) is 0 Å². The molecule has 0 atom stereocenters. The van der Waals surface area contributed by atoms with E-state index in [1.165, 1.54) is 6.07 Å². The van der Waals surface area contributed by atoms with Crippen LogP contribution in [0.2, 0.25) is 0 Å². The van der Waals surface area contributed by atoms with Crippen LogP contribution in [0.15, 0.2) is 21.3 Å². The van der Waals surface area contributed by atoms with E-state index in [-0.39, 0.29) is 17.1 Å². The SMILES string of the molecule is Cc1c(C)c2ccc(OCC(N)=O)c(OCC(N)=O)c2oc1=O. The van der Waals surface area contributed by atoms with Crippen LogP contribution in [0.1, 0.15) is 11.1 Å². The molecule has 0 aliphatic carbocycles. The molecule has 0 bridgehead atoms. The van der Waals surface area contributed by atoms with Gasteiger partial charge in [0.2, 0.25) is 5.75 Å². The maximum atomic E-state index is 11.9. The fraction of sp³-hybridized carbons (Fsp3) is 0.267. The van der Waals surface area contributed by atoms with Crippen molar-refractivity contribution < 1.29 is 23.5 Å². The standard InChI is InChI=1S/C15H16N2O6/c1-7-8(2)15(20)23-13-9(7)3-4-10(21-5-11(16)18)14(13)22-6-12(17)19/h3-4H,5-6H2,1-2H3,(H2,16,18)(H2,17,19). The predicted molar refractivity (Wildman–Crippen MR) is 81.3 cm³/mol. The lowest BCUT2D eigenvalue weighted by atomic mass is 10.1. The fourth-order valence-electron chi connectivity index (χ4n) is 2.01. The Hall–Kier alpha value is -3.03. The molecule has 2 aromatic rings. The molecule has 2 amide bonds. The minimum absolute atomic E-state index is 0.0164. The Bertz CT molecular complexity index is 840. The summed E-state index contributed by atoms with van der Waals surface area (Å²) < 4.78 is 15.8. The van der Waals surface area contributed by atoms with Crippen molar-refractivity contribution >= 4 is 22.8 Å². The van der Waals surface area contributed by atoms with Crippen LogP contribution in [0.25, 0.3) is 11.0 Å². The van der Waals surface area contributed by atoms with Crippen LogP contribution in [-0.4, -0.2) is 25.0 Å². The Kier molecular flexibility index (Phi) is 4.54. The third kappa shape index (κ3) is 3.42. The van der Waals surface area contributed by atoms with E-state index in [9.17, 15) is 14.4 Å². The molecule has 8 nitrogen and oxygen atoms in total. The van der Waals surface area contributed by atoms with Crippen molar-refractivity contribution in [2.75, 3.05) is 13.2 Å². The van der Waals surface area contributed by atoms with Crippen LogP contribution in [0.3, 0.4) is 0 Å². The van der Waals surface area contributed by atoms with Gasteiger partial charge < -0.3 is 25.4 Å². The van der Waals surface area contributed by atoms with Gasteiger partial charge in [-0.1, -0.05) is 0 Å². The molecular weight excluding hydrogens is 304 g/mol. The van der Waals surface area contributed by atoms with Crippen molar-refractivity contribution in [2.24, 2.45) is 11.5 Å². The number of primary amides is 2. The number of carbonyl (C=O) groups is 2. The molecule has 0 aliphatic heterocycles. The average molecular weight is 320 g/mol. The van der Waals surface area contributed by atoms with Crippen molar-refractivity contribution in [1.29, 1.82) is 0 Å². The third-order valence-corrected chi connectivity index (χ3v) is 3.27. The second kappa shape index (κ2) is 6.39. The Morgan fingerprint density at radius 3 is 2.26 bits per heavy atom. The number of ether oxygens (including phenoxy) is 2. The van der Waals surface area contributed by atoms with E-state index in [1.54, 1.807) is 19.9 Å². The summed E-state index contributed by atoms with van der Waals surface area (Å²) in [6.45, 7) is 2.56. The monoisotopic (exact) mass is 320 g/mol. The Balaban J connectivity index is 2.64. The molecular formula is C15H16N2O6. The quantitative estimate of drug-likeness (QED) is 0.727. The summed E-state index contributed by atoms with van der Waals surface area (Å²) in [5.74, 6) is -1.27. The zero-order valence-electron chi connectivity index (χ0n) is 12.7. The van der Waals surface area contributed by atoms with Crippen LogP contribution in [0.4, 0.5) is 0 Å². The summed E-state index contributed by atoms with van der Waals surface area (Å²) in [4.78, 5) is 33.7. The normalized spacial score (nSPS) is 10.5.